The first-order valence-corrected chi connectivity index (χ1v) is 18.4. The molecule has 2 aliphatic heterocycles. The van der Waals surface area contributed by atoms with Gasteiger partial charge in [-0.2, -0.15) is 0 Å². The lowest BCUT2D eigenvalue weighted by Crippen LogP contribution is -2.42. The number of imide groups is 1. The number of hydrogen-bond acceptors (Lipinski definition) is 7. The van der Waals surface area contributed by atoms with E-state index in [0.29, 0.717) is 17.1 Å². The third-order valence-electron chi connectivity index (χ3n) is 10.4. The van der Waals surface area contributed by atoms with Crippen LogP contribution in [0.1, 0.15) is 22.8 Å². The molecule has 240 valence electrons. The van der Waals surface area contributed by atoms with E-state index in [0.717, 1.165) is 37.1 Å². The Kier molecular flexibility index (Phi) is 7.14. The second-order valence-corrected chi connectivity index (χ2v) is 16.0. The number of ether oxygens (including phenoxy) is 1. The zero-order chi connectivity index (χ0) is 32.7. The van der Waals surface area contributed by atoms with Crippen molar-refractivity contribution < 1.29 is 19.1 Å². The molecule has 2 aliphatic carbocycles. The lowest BCUT2D eigenvalue weighted by molar-refractivity contribution is -0.123. The first kappa shape index (κ1) is 29.9. The van der Waals surface area contributed by atoms with Crippen molar-refractivity contribution in [2.45, 2.75) is 22.6 Å². The molecule has 3 amide bonds. The van der Waals surface area contributed by atoms with Crippen molar-refractivity contribution in [2.75, 3.05) is 16.8 Å². The predicted molar refractivity (Wildman–Crippen MR) is 190 cm³/mol. The Labute approximate surface area is 292 Å². The van der Waals surface area contributed by atoms with Gasteiger partial charge in [0.05, 0.1) is 22.5 Å². The largest absolute Gasteiger partial charge is 0.484 e. The average Bonchev–Trinajstić information content (AvgIpc) is 3.83. The molecule has 3 fully saturated rings. The number of nitrogens with one attached hydrogen (secondary N) is 2. The van der Waals surface area contributed by atoms with Gasteiger partial charge in [-0.15, -0.1) is 11.8 Å². The summed E-state index contributed by atoms with van der Waals surface area (Å²) in [4.78, 5) is 58.7. The van der Waals surface area contributed by atoms with Crippen molar-refractivity contribution in [3.8, 4) is 5.75 Å². The molecule has 48 heavy (non-hydrogen) atoms. The van der Waals surface area contributed by atoms with E-state index in [1.807, 2.05) is 91.0 Å². The smallest absolute Gasteiger partial charge is 0.305 e. The highest BCUT2D eigenvalue weighted by molar-refractivity contribution is 9.10. The summed E-state index contributed by atoms with van der Waals surface area (Å²) < 4.78 is 6.89. The zero-order valence-corrected chi connectivity index (χ0v) is 28.5. The van der Waals surface area contributed by atoms with Crippen molar-refractivity contribution in [3.05, 3.63) is 116 Å². The Bertz CT molecular complexity index is 2200. The summed E-state index contributed by atoms with van der Waals surface area (Å²) in [5, 5.41) is 5.99. The van der Waals surface area contributed by atoms with Crippen LogP contribution in [0.15, 0.2) is 105 Å². The number of nitrogens with zero attached hydrogens (tertiary/aromatic N) is 1. The van der Waals surface area contributed by atoms with Crippen LogP contribution in [0.25, 0.3) is 10.8 Å². The van der Waals surface area contributed by atoms with E-state index >= 15 is 0 Å². The van der Waals surface area contributed by atoms with E-state index in [9.17, 15) is 19.2 Å². The van der Waals surface area contributed by atoms with Gasteiger partial charge in [-0.25, -0.2) is 0 Å². The molecule has 2 saturated carbocycles. The summed E-state index contributed by atoms with van der Waals surface area (Å²) in [7, 11) is 0. The maximum absolute atomic E-state index is 14.0. The molecule has 6 unspecified atom stereocenters. The van der Waals surface area contributed by atoms with Crippen LogP contribution >= 0.6 is 39.0 Å². The third kappa shape index (κ3) is 4.77. The number of benzene rings is 4. The lowest BCUT2D eigenvalue weighted by Gasteiger charge is -2.43. The van der Waals surface area contributed by atoms with Crippen LogP contribution in [0.2, 0.25) is 0 Å². The molecular formula is C37H28BrN3O5S2. The molecule has 0 spiro atoms. The minimum Gasteiger partial charge on any atom is -0.484 e. The molecule has 0 radical (unpaired) electrons. The van der Waals surface area contributed by atoms with Gasteiger partial charge in [-0.3, -0.25) is 24.1 Å². The number of amides is 3. The summed E-state index contributed by atoms with van der Waals surface area (Å²) in [6, 6.07) is 28.8. The van der Waals surface area contributed by atoms with Crippen molar-refractivity contribution in [2.24, 2.45) is 29.6 Å². The second kappa shape index (κ2) is 11.5. The minimum atomic E-state index is -0.383. The second-order valence-electron chi connectivity index (χ2n) is 12.9. The molecule has 1 saturated heterocycles. The fourth-order valence-corrected chi connectivity index (χ4v) is 11.8. The number of thioether (sulfide) groups is 1. The number of aromatic nitrogens is 1. The number of carbonyl (C=O) groups excluding carboxylic acids is 3. The molecule has 5 aromatic rings. The molecule has 2 N–H and O–H groups in total. The molecule has 7 atom stereocenters. The van der Waals surface area contributed by atoms with Gasteiger partial charge in [0.2, 0.25) is 11.8 Å². The number of carbonyl (C=O) groups is 3. The molecule has 9 rings (SSSR count). The van der Waals surface area contributed by atoms with Crippen LogP contribution in [0.5, 0.6) is 5.75 Å². The number of anilines is 2. The summed E-state index contributed by atoms with van der Waals surface area (Å²) in [6.07, 6.45) is 0.810. The maximum atomic E-state index is 14.0. The Balaban J connectivity index is 0.987. The Morgan fingerprint density at radius 1 is 0.896 bits per heavy atom. The molecular weight excluding hydrogens is 710 g/mol. The van der Waals surface area contributed by atoms with Crippen LogP contribution < -0.4 is 19.8 Å². The van der Waals surface area contributed by atoms with Gasteiger partial charge in [-0.05, 0) is 89.0 Å². The topological polar surface area (TPSA) is 109 Å². The first-order valence-electron chi connectivity index (χ1n) is 15.9. The number of fused-ring (bicyclic) bond motifs is 10. The van der Waals surface area contributed by atoms with E-state index in [-0.39, 0.29) is 70.0 Å². The van der Waals surface area contributed by atoms with Gasteiger partial charge in [0.25, 0.3) is 5.91 Å². The number of aromatic amines is 1. The molecule has 2 bridgehead atoms. The first-order chi connectivity index (χ1) is 23.3. The Hall–Kier alpha value is -4.19. The summed E-state index contributed by atoms with van der Waals surface area (Å²) in [5.74, 6) is -0.744. The number of hydrogen-bond donors (Lipinski definition) is 2. The summed E-state index contributed by atoms with van der Waals surface area (Å²) >= 11 is 6.33. The SMILES string of the molecule is O=C(COc1cccc([C@H]2c3sc(=O)[nH]c3SC3C4CC(C5C(=O)N(c6ccc(Br)cc6)C(=O)C45)C32)c1)Nc1ccc2ccccc2c1. The van der Waals surface area contributed by atoms with Crippen molar-refractivity contribution >= 4 is 78.9 Å². The van der Waals surface area contributed by atoms with Gasteiger partial charge in [0.15, 0.2) is 6.61 Å². The van der Waals surface area contributed by atoms with E-state index in [1.54, 1.807) is 11.8 Å². The highest BCUT2D eigenvalue weighted by atomic mass is 79.9. The molecule has 4 aromatic carbocycles. The van der Waals surface area contributed by atoms with E-state index in [4.69, 9.17) is 4.74 Å². The fourth-order valence-electron chi connectivity index (χ4n) is 8.65. The fraction of sp³-hybridized carbons (Fsp3) is 0.243. The van der Waals surface area contributed by atoms with Gasteiger partial charge in [0.1, 0.15) is 5.75 Å². The van der Waals surface area contributed by atoms with Crippen LogP contribution in [0.3, 0.4) is 0 Å². The number of rotatable bonds is 6. The van der Waals surface area contributed by atoms with Crippen molar-refractivity contribution in [3.63, 3.8) is 0 Å². The van der Waals surface area contributed by atoms with E-state index < -0.39 is 0 Å². The van der Waals surface area contributed by atoms with Crippen LogP contribution in [0.4, 0.5) is 11.4 Å². The quantitative estimate of drug-likeness (QED) is 0.181. The minimum absolute atomic E-state index is 0.00190. The normalized spacial score (nSPS) is 26.8. The zero-order valence-electron chi connectivity index (χ0n) is 25.3. The van der Waals surface area contributed by atoms with E-state index in [1.165, 1.54) is 16.2 Å². The molecule has 3 heterocycles. The van der Waals surface area contributed by atoms with Crippen molar-refractivity contribution in [1.29, 1.82) is 0 Å². The van der Waals surface area contributed by atoms with Crippen LogP contribution in [-0.2, 0) is 14.4 Å². The number of thiazole rings is 1. The monoisotopic (exact) mass is 737 g/mol. The van der Waals surface area contributed by atoms with Gasteiger partial charge >= 0.3 is 4.87 Å². The summed E-state index contributed by atoms with van der Waals surface area (Å²) in [6.45, 7) is -0.164. The predicted octanol–water partition coefficient (Wildman–Crippen LogP) is 7.05. The third-order valence-corrected chi connectivity index (χ3v) is 13.5. The number of halogens is 1. The molecule has 1 aromatic heterocycles. The summed E-state index contributed by atoms with van der Waals surface area (Å²) in [5.41, 5.74) is 2.27. The van der Waals surface area contributed by atoms with Gasteiger partial charge in [-0.1, -0.05) is 69.7 Å². The molecule has 4 aliphatic rings. The average molecular weight is 739 g/mol. The highest BCUT2D eigenvalue weighted by Gasteiger charge is 2.69. The van der Waals surface area contributed by atoms with Crippen LogP contribution in [-0.4, -0.2) is 34.6 Å². The van der Waals surface area contributed by atoms with Crippen molar-refractivity contribution in [1.82, 2.24) is 4.98 Å². The maximum Gasteiger partial charge on any atom is 0.305 e. The Morgan fingerprint density at radius 2 is 1.67 bits per heavy atom. The highest BCUT2D eigenvalue weighted by Crippen LogP contribution is 2.68. The standard InChI is InChI=1S/C37H28BrN3O5S2/c38-21-9-12-23(13-10-21)41-35(43)30-25-16-26(31(30)36(41)44)32-29(25)28(33-34(47-32)40-37(45)48-33)20-6-3-7-24(15-20)46-17-27(42)39-22-11-8-18-4-1-2-5-19(18)14-22/h1-15,25-26,28-32H,16-17H2,(H,39,42)(H,40,45)/t25?,26?,28-,29?,30?,31?,32?/m1/s1. The Morgan fingerprint density at radius 3 is 2.48 bits per heavy atom. The number of H-pyrrole nitrogens is 1. The van der Waals surface area contributed by atoms with E-state index in [2.05, 4.69) is 26.2 Å². The van der Waals surface area contributed by atoms with Gasteiger partial charge in [0, 0.05) is 26.2 Å². The molecule has 11 heteroatoms. The van der Waals surface area contributed by atoms with Crippen LogP contribution in [0, 0.1) is 29.6 Å². The van der Waals surface area contributed by atoms with Gasteiger partial charge < -0.3 is 15.0 Å². The molecule has 8 nitrogen and oxygen atoms in total. The lowest BCUT2D eigenvalue weighted by atomic mass is 9.68.